The molecule has 0 aliphatic carbocycles. The SMILES string of the molecule is CCCn1cnnc1CN(C)c1cc(C)nc(-c2cccnc2)n1. The molecule has 3 aromatic rings. The molecule has 0 bridgehead atoms. The highest BCUT2D eigenvalue weighted by Gasteiger charge is 2.12. The molecule has 0 aliphatic heterocycles. The maximum Gasteiger partial charge on any atom is 0.163 e. The van der Waals surface area contributed by atoms with Gasteiger partial charge >= 0.3 is 0 Å². The highest BCUT2D eigenvalue weighted by Crippen LogP contribution is 2.19. The van der Waals surface area contributed by atoms with Crippen LogP contribution in [0.1, 0.15) is 24.9 Å². The van der Waals surface area contributed by atoms with E-state index in [4.69, 9.17) is 0 Å². The van der Waals surface area contributed by atoms with Crippen LogP contribution in [0.15, 0.2) is 36.9 Å². The van der Waals surface area contributed by atoms with Gasteiger partial charge in [0.2, 0.25) is 0 Å². The molecule has 0 aliphatic rings. The number of nitrogens with zero attached hydrogens (tertiary/aromatic N) is 7. The molecule has 0 radical (unpaired) electrons. The molecule has 0 unspecified atom stereocenters. The van der Waals surface area contributed by atoms with Crippen LogP contribution < -0.4 is 4.90 Å². The van der Waals surface area contributed by atoms with Crippen molar-refractivity contribution in [1.82, 2.24) is 29.7 Å². The van der Waals surface area contributed by atoms with Crippen molar-refractivity contribution in [3.8, 4) is 11.4 Å². The lowest BCUT2D eigenvalue weighted by Gasteiger charge is -2.19. The number of hydrogen-bond donors (Lipinski definition) is 0. The normalized spacial score (nSPS) is 10.8. The quantitative estimate of drug-likeness (QED) is 0.694. The van der Waals surface area contributed by atoms with Crippen molar-refractivity contribution in [2.45, 2.75) is 33.4 Å². The minimum Gasteiger partial charge on any atom is -0.352 e. The molecule has 7 nitrogen and oxygen atoms in total. The van der Waals surface area contributed by atoms with Crippen LogP contribution in [0.2, 0.25) is 0 Å². The summed E-state index contributed by atoms with van der Waals surface area (Å²) in [7, 11) is 2.00. The van der Waals surface area contributed by atoms with E-state index in [1.165, 1.54) is 0 Å². The zero-order valence-electron chi connectivity index (χ0n) is 14.2. The second-order valence-electron chi connectivity index (χ2n) is 5.73. The van der Waals surface area contributed by atoms with Gasteiger partial charge in [-0.25, -0.2) is 9.97 Å². The van der Waals surface area contributed by atoms with Crippen LogP contribution in [-0.4, -0.2) is 36.8 Å². The zero-order chi connectivity index (χ0) is 16.9. The smallest absolute Gasteiger partial charge is 0.163 e. The number of rotatable bonds is 6. The summed E-state index contributed by atoms with van der Waals surface area (Å²) in [5.74, 6) is 2.46. The van der Waals surface area contributed by atoms with E-state index >= 15 is 0 Å². The molecule has 124 valence electrons. The second kappa shape index (κ2) is 7.16. The predicted molar refractivity (Wildman–Crippen MR) is 92.4 cm³/mol. The molecule has 7 heteroatoms. The van der Waals surface area contributed by atoms with E-state index in [1.807, 2.05) is 32.2 Å². The van der Waals surface area contributed by atoms with Crippen molar-refractivity contribution in [2.24, 2.45) is 0 Å². The van der Waals surface area contributed by atoms with Crippen LogP contribution in [0.4, 0.5) is 5.82 Å². The summed E-state index contributed by atoms with van der Waals surface area (Å²) in [4.78, 5) is 15.4. The minimum absolute atomic E-state index is 0.642. The van der Waals surface area contributed by atoms with Gasteiger partial charge in [0.1, 0.15) is 12.1 Å². The van der Waals surface area contributed by atoms with Crippen LogP contribution in [0, 0.1) is 6.92 Å². The van der Waals surface area contributed by atoms with E-state index in [0.717, 1.165) is 35.9 Å². The molecule has 0 aromatic carbocycles. The summed E-state index contributed by atoms with van der Waals surface area (Å²) in [6, 6.07) is 5.82. The molecule has 0 amide bonds. The molecule has 0 saturated carbocycles. The van der Waals surface area contributed by atoms with Gasteiger partial charge in [0, 0.05) is 43.3 Å². The van der Waals surface area contributed by atoms with Gasteiger partial charge in [0.15, 0.2) is 11.6 Å². The summed E-state index contributed by atoms with van der Waals surface area (Å²) in [6.07, 6.45) is 6.34. The fourth-order valence-corrected chi connectivity index (χ4v) is 2.49. The average Bonchev–Trinajstić information content (AvgIpc) is 3.02. The van der Waals surface area contributed by atoms with Crippen LogP contribution >= 0.6 is 0 Å². The van der Waals surface area contributed by atoms with Gasteiger partial charge in [-0.2, -0.15) is 0 Å². The molecular weight excluding hydrogens is 302 g/mol. The first-order valence-electron chi connectivity index (χ1n) is 8.01. The Morgan fingerprint density at radius 1 is 1.25 bits per heavy atom. The second-order valence-corrected chi connectivity index (χ2v) is 5.73. The number of aryl methyl sites for hydroxylation is 2. The summed E-state index contributed by atoms with van der Waals surface area (Å²) in [6.45, 7) is 5.67. The van der Waals surface area contributed by atoms with Crippen LogP contribution in [-0.2, 0) is 13.1 Å². The monoisotopic (exact) mass is 323 g/mol. The molecular formula is C17H21N7. The van der Waals surface area contributed by atoms with Gasteiger partial charge in [-0.15, -0.1) is 10.2 Å². The largest absolute Gasteiger partial charge is 0.352 e. The van der Waals surface area contributed by atoms with Crippen molar-refractivity contribution in [1.29, 1.82) is 0 Å². The molecule has 0 N–H and O–H groups in total. The van der Waals surface area contributed by atoms with Crippen molar-refractivity contribution in [3.63, 3.8) is 0 Å². The molecule has 0 saturated heterocycles. The Morgan fingerprint density at radius 2 is 2.12 bits per heavy atom. The lowest BCUT2D eigenvalue weighted by Crippen LogP contribution is -2.21. The molecule has 3 aromatic heterocycles. The summed E-state index contributed by atoms with van der Waals surface area (Å²) < 4.78 is 2.08. The number of pyridine rings is 1. The summed E-state index contributed by atoms with van der Waals surface area (Å²) >= 11 is 0. The molecule has 3 heterocycles. The van der Waals surface area contributed by atoms with Crippen LogP contribution in [0.3, 0.4) is 0 Å². The van der Waals surface area contributed by atoms with E-state index in [9.17, 15) is 0 Å². The molecule has 3 rings (SSSR count). The third-order valence-corrected chi connectivity index (χ3v) is 3.69. The van der Waals surface area contributed by atoms with Crippen LogP contribution in [0.5, 0.6) is 0 Å². The Kier molecular flexibility index (Phi) is 4.79. The Morgan fingerprint density at radius 3 is 2.88 bits per heavy atom. The minimum atomic E-state index is 0.642. The predicted octanol–water partition coefficient (Wildman–Crippen LogP) is 2.48. The Labute approximate surface area is 141 Å². The molecule has 0 fully saturated rings. The molecule has 24 heavy (non-hydrogen) atoms. The van der Waals surface area contributed by atoms with Gasteiger partial charge in [0.25, 0.3) is 0 Å². The first-order valence-corrected chi connectivity index (χ1v) is 8.01. The zero-order valence-corrected chi connectivity index (χ0v) is 14.2. The molecule has 0 spiro atoms. The van der Waals surface area contributed by atoms with E-state index in [1.54, 1.807) is 18.7 Å². The van der Waals surface area contributed by atoms with Crippen molar-refractivity contribution in [3.05, 3.63) is 48.4 Å². The van der Waals surface area contributed by atoms with Gasteiger partial charge in [-0.05, 0) is 25.5 Å². The highest BCUT2D eigenvalue weighted by atomic mass is 15.3. The van der Waals surface area contributed by atoms with Crippen molar-refractivity contribution < 1.29 is 0 Å². The summed E-state index contributed by atoms with van der Waals surface area (Å²) in [5.41, 5.74) is 1.82. The maximum atomic E-state index is 4.68. The van der Waals surface area contributed by atoms with Gasteiger partial charge in [0.05, 0.1) is 6.54 Å². The Balaban J connectivity index is 1.86. The average molecular weight is 323 g/mol. The lowest BCUT2D eigenvalue weighted by molar-refractivity contribution is 0.630. The Hall–Kier alpha value is -2.83. The number of hydrogen-bond acceptors (Lipinski definition) is 6. The number of aromatic nitrogens is 6. The van der Waals surface area contributed by atoms with E-state index in [-0.39, 0.29) is 0 Å². The summed E-state index contributed by atoms with van der Waals surface area (Å²) in [5, 5.41) is 8.24. The van der Waals surface area contributed by atoms with Crippen molar-refractivity contribution in [2.75, 3.05) is 11.9 Å². The van der Waals surface area contributed by atoms with Crippen molar-refractivity contribution >= 4 is 5.82 Å². The van der Waals surface area contributed by atoms with Gasteiger partial charge in [-0.3, -0.25) is 4.98 Å². The Bertz CT molecular complexity index is 798. The maximum absolute atomic E-state index is 4.68. The first-order chi connectivity index (χ1) is 11.7. The molecule has 0 atom stereocenters. The lowest BCUT2D eigenvalue weighted by atomic mass is 10.2. The fourth-order valence-electron chi connectivity index (χ4n) is 2.49. The fraction of sp³-hybridized carbons (Fsp3) is 0.353. The first kappa shape index (κ1) is 16.0. The standard InChI is InChI=1S/C17H21N7/c1-4-8-24-12-19-22-16(24)11-23(3)15-9-13(2)20-17(21-15)14-6-5-7-18-10-14/h5-7,9-10,12H,4,8,11H2,1-3H3. The van der Waals surface area contributed by atoms with Crippen LogP contribution in [0.25, 0.3) is 11.4 Å². The van der Waals surface area contributed by atoms with E-state index < -0.39 is 0 Å². The third kappa shape index (κ3) is 3.56. The van der Waals surface area contributed by atoms with Gasteiger partial charge < -0.3 is 9.47 Å². The van der Waals surface area contributed by atoms with Gasteiger partial charge in [-0.1, -0.05) is 6.92 Å². The third-order valence-electron chi connectivity index (χ3n) is 3.69. The van der Waals surface area contributed by atoms with E-state index in [0.29, 0.717) is 12.4 Å². The van der Waals surface area contributed by atoms with E-state index in [2.05, 4.69) is 41.5 Å². The topological polar surface area (TPSA) is 72.6 Å². The number of anilines is 1. The highest BCUT2D eigenvalue weighted by molar-refractivity contribution is 5.56.